The van der Waals surface area contributed by atoms with E-state index in [1.54, 1.807) is 11.0 Å². The Balaban J connectivity index is 1.64. The molecule has 2 N–H and O–H groups in total. The highest BCUT2D eigenvalue weighted by molar-refractivity contribution is 5.99. The Bertz CT molecular complexity index is 1380. The highest BCUT2D eigenvalue weighted by Crippen LogP contribution is 2.42. The number of nitrogens with zero attached hydrogens (tertiary/aromatic N) is 2. The van der Waals surface area contributed by atoms with Crippen molar-refractivity contribution in [2.45, 2.75) is 39.5 Å². The second-order valence-corrected chi connectivity index (χ2v) is 9.31. The average Bonchev–Trinajstić information content (AvgIpc) is 3.25. The first kappa shape index (κ1) is 24.4. The third-order valence-corrected chi connectivity index (χ3v) is 6.34. The predicted octanol–water partition coefficient (Wildman–Crippen LogP) is 5.09. The van der Waals surface area contributed by atoms with Gasteiger partial charge in [0.25, 0.3) is 11.8 Å². The van der Waals surface area contributed by atoms with Gasteiger partial charge in [-0.3, -0.25) is 9.59 Å². The van der Waals surface area contributed by atoms with Crippen LogP contribution in [0.3, 0.4) is 0 Å². The van der Waals surface area contributed by atoms with Crippen LogP contribution in [0.5, 0.6) is 11.5 Å². The standard InChI is InChI=1S/C29H30N4O4/c1-4-36-23-16-10-13-20-25(28(34)30-19-11-6-5-7-12-19)33(29(35)26(18(2)3)37-27(20)23)17-24-31-21-14-8-9-15-22(21)32-24/h5-16,18,25-26H,4,17H2,1-3H3,(H,30,34)(H,31,32). The van der Waals surface area contributed by atoms with Crippen LogP contribution in [0, 0.1) is 5.92 Å². The minimum atomic E-state index is -0.972. The molecule has 0 spiro atoms. The van der Waals surface area contributed by atoms with Gasteiger partial charge in [-0.05, 0) is 43.2 Å². The zero-order valence-corrected chi connectivity index (χ0v) is 21.1. The maximum Gasteiger partial charge on any atom is 0.265 e. The van der Waals surface area contributed by atoms with Crippen molar-refractivity contribution in [2.24, 2.45) is 5.92 Å². The summed E-state index contributed by atoms with van der Waals surface area (Å²) in [5.41, 5.74) is 2.85. The summed E-state index contributed by atoms with van der Waals surface area (Å²) in [5.74, 6) is 0.710. The lowest BCUT2D eigenvalue weighted by atomic mass is 10.0. The lowest BCUT2D eigenvalue weighted by Gasteiger charge is -2.30. The molecule has 1 aliphatic rings. The van der Waals surface area contributed by atoms with Crippen LogP contribution < -0.4 is 14.8 Å². The minimum absolute atomic E-state index is 0.102. The summed E-state index contributed by atoms with van der Waals surface area (Å²) < 4.78 is 12.2. The summed E-state index contributed by atoms with van der Waals surface area (Å²) in [4.78, 5) is 37.5. The number of ether oxygens (including phenoxy) is 2. The molecular formula is C29H30N4O4. The summed E-state index contributed by atoms with van der Waals surface area (Å²) in [6.07, 6.45) is -0.806. The quantitative estimate of drug-likeness (QED) is 0.370. The van der Waals surface area contributed by atoms with E-state index in [4.69, 9.17) is 9.47 Å². The zero-order chi connectivity index (χ0) is 25.9. The number of rotatable bonds is 7. The minimum Gasteiger partial charge on any atom is -0.490 e. The Morgan fingerprint density at radius 1 is 1.08 bits per heavy atom. The first-order chi connectivity index (χ1) is 18.0. The third kappa shape index (κ3) is 4.87. The van der Waals surface area contributed by atoms with E-state index >= 15 is 0 Å². The molecule has 1 aromatic heterocycles. The van der Waals surface area contributed by atoms with Crippen molar-refractivity contribution < 1.29 is 19.1 Å². The molecule has 5 rings (SSSR count). The predicted molar refractivity (Wildman–Crippen MR) is 141 cm³/mol. The van der Waals surface area contributed by atoms with Gasteiger partial charge in [0, 0.05) is 11.3 Å². The monoisotopic (exact) mass is 498 g/mol. The van der Waals surface area contributed by atoms with Gasteiger partial charge in [-0.2, -0.15) is 0 Å². The molecule has 4 aromatic rings. The molecule has 0 saturated heterocycles. The third-order valence-electron chi connectivity index (χ3n) is 6.34. The fourth-order valence-electron chi connectivity index (χ4n) is 4.63. The molecule has 0 saturated carbocycles. The number of imidazole rings is 1. The number of hydrogen-bond acceptors (Lipinski definition) is 5. The van der Waals surface area contributed by atoms with Crippen LogP contribution in [0.25, 0.3) is 11.0 Å². The van der Waals surface area contributed by atoms with Crippen LogP contribution in [-0.2, 0) is 16.1 Å². The van der Waals surface area contributed by atoms with E-state index in [-0.39, 0.29) is 24.3 Å². The van der Waals surface area contributed by atoms with E-state index in [0.717, 1.165) is 11.0 Å². The van der Waals surface area contributed by atoms with E-state index in [9.17, 15) is 9.59 Å². The number of fused-ring (bicyclic) bond motifs is 2. The van der Waals surface area contributed by atoms with Crippen LogP contribution in [0.2, 0.25) is 0 Å². The largest absolute Gasteiger partial charge is 0.490 e. The van der Waals surface area contributed by atoms with Gasteiger partial charge in [-0.15, -0.1) is 0 Å². The molecule has 2 amide bonds. The molecule has 0 bridgehead atoms. The maximum absolute atomic E-state index is 14.0. The Morgan fingerprint density at radius 3 is 2.57 bits per heavy atom. The Kier molecular flexibility index (Phi) is 6.81. The van der Waals surface area contributed by atoms with Gasteiger partial charge in [0.05, 0.1) is 24.2 Å². The van der Waals surface area contributed by atoms with E-state index in [0.29, 0.717) is 35.2 Å². The number of nitrogens with one attached hydrogen (secondary N) is 2. The van der Waals surface area contributed by atoms with Crippen LogP contribution in [0.1, 0.15) is 38.2 Å². The lowest BCUT2D eigenvalue weighted by molar-refractivity contribution is -0.146. The van der Waals surface area contributed by atoms with Gasteiger partial charge in [0.1, 0.15) is 11.9 Å². The smallest absolute Gasteiger partial charge is 0.265 e. The number of para-hydroxylation sites is 4. The number of hydrogen-bond donors (Lipinski definition) is 2. The molecule has 1 aliphatic heterocycles. The van der Waals surface area contributed by atoms with Crippen molar-refractivity contribution in [1.29, 1.82) is 0 Å². The Labute approximate surface area is 215 Å². The molecule has 2 atom stereocenters. The van der Waals surface area contributed by atoms with Gasteiger partial charge in [0.2, 0.25) is 0 Å². The van der Waals surface area contributed by atoms with Crippen LogP contribution in [0.15, 0.2) is 72.8 Å². The first-order valence-electron chi connectivity index (χ1n) is 12.5. The van der Waals surface area contributed by atoms with Crippen molar-refractivity contribution in [3.63, 3.8) is 0 Å². The molecule has 3 aromatic carbocycles. The lowest BCUT2D eigenvalue weighted by Crippen LogP contribution is -2.46. The van der Waals surface area contributed by atoms with Crippen LogP contribution >= 0.6 is 0 Å². The van der Waals surface area contributed by atoms with Gasteiger partial charge in [-0.25, -0.2) is 4.98 Å². The fraction of sp³-hybridized carbons (Fsp3) is 0.276. The van der Waals surface area contributed by atoms with E-state index < -0.39 is 12.1 Å². The summed E-state index contributed by atoms with van der Waals surface area (Å²) in [7, 11) is 0. The number of aromatic nitrogens is 2. The van der Waals surface area contributed by atoms with E-state index in [1.807, 2.05) is 87.5 Å². The van der Waals surface area contributed by atoms with Gasteiger partial charge >= 0.3 is 0 Å². The van der Waals surface area contributed by atoms with Crippen molar-refractivity contribution >= 4 is 28.5 Å². The summed E-state index contributed by atoms with van der Waals surface area (Å²) >= 11 is 0. The second-order valence-electron chi connectivity index (χ2n) is 9.31. The normalized spacial score (nSPS) is 17.3. The highest BCUT2D eigenvalue weighted by atomic mass is 16.5. The zero-order valence-electron chi connectivity index (χ0n) is 21.1. The maximum atomic E-state index is 14.0. The van der Waals surface area contributed by atoms with E-state index in [1.165, 1.54) is 0 Å². The van der Waals surface area contributed by atoms with Crippen molar-refractivity contribution in [1.82, 2.24) is 14.9 Å². The Morgan fingerprint density at radius 2 is 1.84 bits per heavy atom. The molecule has 0 radical (unpaired) electrons. The topological polar surface area (TPSA) is 96.6 Å². The van der Waals surface area contributed by atoms with Crippen LogP contribution in [-0.4, -0.2) is 39.4 Å². The molecular weight excluding hydrogens is 468 g/mol. The number of anilines is 1. The summed E-state index contributed by atoms with van der Waals surface area (Å²) in [6, 6.07) is 21.3. The molecule has 190 valence electrons. The van der Waals surface area contributed by atoms with Crippen LogP contribution in [0.4, 0.5) is 5.69 Å². The van der Waals surface area contributed by atoms with Crippen molar-refractivity contribution in [2.75, 3.05) is 11.9 Å². The van der Waals surface area contributed by atoms with Gasteiger partial charge in [-0.1, -0.05) is 56.3 Å². The van der Waals surface area contributed by atoms with Crippen molar-refractivity contribution in [3.8, 4) is 11.5 Å². The SMILES string of the molecule is CCOc1cccc2c1OC(C(C)C)C(=O)N(Cc1nc3ccccc3[nH]1)C2C(=O)Nc1ccccc1. The van der Waals surface area contributed by atoms with Gasteiger partial charge < -0.3 is 24.7 Å². The Hall–Kier alpha value is -4.33. The molecule has 8 heteroatoms. The molecule has 0 fully saturated rings. The summed E-state index contributed by atoms with van der Waals surface area (Å²) in [6.45, 7) is 6.26. The number of H-pyrrole nitrogens is 1. The fourth-order valence-corrected chi connectivity index (χ4v) is 4.63. The highest BCUT2D eigenvalue weighted by Gasteiger charge is 2.43. The number of carbonyl (C=O) groups is 2. The molecule has 2 unspecified atom stereocenters. The number of aromatic amines is 1. The molecule has 2 heterocycles. The second kappa shape index (κ2) is 10.3. The average molecular weight is 499 g/mol. The number of amides is 2. The summed E-state index contributed by atoms with van der Waals surface area (Å²) in [5, 5.41) is 2.98. The molecule has 37 heavy (non-hydrogen) atoms. The van der Waals surface area contributed by atoms with Crippen molar-refractivity contribution in [3.05, 3.63) is 84.2 Å². The molecule has 0 aliphatic carbocycles. The number of carbonyl (C=O) groups excluding carboxylic acids is 2. The van der Waals surface area contributed by atoms with Gasteiger partial charge in [0.15, 0.2) is 17.6 Å². The molecule has 8 nitrogen and oxygen atoms in total. The van der Waals surface area contributed by atoms with E-state index in [2.05, 4.69) is 15.3 Å². The first-order valence-corrected chi connectivity index (χ1v) is 12.5. The number of benzene rings is 3.